The van der Waals surface area contributed by atoms with E-state index in [1.807, 2.05) is 0 Å². The minimum atomic E-state index is -0.452. The first-order valence-corrected chi connectivity index (χ1v) is 4.07. The van der Waals surface area contributed by atoms with Crippen molar-refractivity contribution in [2.45, 2.75) is 34.1 Å². The normalized spacial score (nSPS) is 10.2. The summed E-state index contributed by atoms with van der Waals surface area (Å²) in [7, 11) is 0. The van der Waals surface area contributed by atoms with Gasteiger partial charge in [0.2, 0.25) is 0 Å². The van der Waals surface area contributed by atoms with Crippen molar-refractivity contribution >= 4 is 11.8 Å². The summed E-state index contributed by atoms with van der Waals surface area (Å²) < 4.78 is 4.65. The monoisotopic (exact) mass is 220 g/mol. The third-order valence-corrected chi connectivity index (χ3v) is 1.45. The average molecular weight is 220 g/mol. The molecule has 0 unspecified atom stereocenters. The summed E-state index contributed by atoms with van der Waals surface area (Å²) in [6, 6.07) is 0. The number of rotatable bonds is 3. The van der Waals surface area contributed by atoms with Crippen molar-refractivity contribution in [2.75, 3.05) is 6.61 Å². The van der Waals surface area contributed by atoms with E-state index >= 15 is 0 Å². The minimum Gasteiger partial charge on any atom is -0.466 e. The van der Waals surface area contributed by atoms with Gasteiger partial charge in [-0.15, -0.1) is 0 Å². The molecule has 74 valence electrons. The number of carbonyl (C=O) groups excluding carboxylic acids is 2. The molecular weight excluding hydrogens is 204 g/mol. The molecule has 0 aliphatic heterocycles. The van der Waals surface area contributed by atoms with Gasteiger partial charge in [0.1, 0.15) is 12.2 Å². The second-order valence-corrected chi connectivity index (χ2v) is 3.65. The van der Waals surface area contributed by atoms with E-state index in [1.165, 1.54) is 0 Å². The van der Waals surface area contributed by atoms with Crippen LogP contribution in [0.5, 0.6) is 0 Å². The van der Waals surface area contributed by atoms with Gasteiger partial charge in [-0.05, 0) is 6.92 Å². The van der Waals surface area contributed by atoms with Crippen molar-refractivity contribution in [1.29, 1.82) is 0 Å². The van der Waals surface area contributed by atoms with Crippen LogP contribution in [0.1, 0.15) is 34.1 Å². The van der Waals surface area contributed by atoms with Gasteiger partial charge in [-0.1, -0.05) is 20.8 Å². The first-order valence-electron chi connectivity index (χ1n) is 4.07. The van der Waals surface area contributed by atoms with E-state index in [2.05, 4.69) is 4.74 Å². The van der Waals surface area contributed by atoms with Crippen LogP contribution in [0.4, 0.5) is 0 Å². The molecule has 0 atom stereocenters. The third-order valence-electron chi connectivity index (χ3n) is 1.45. The summed E-state index contributed by atoms with van der Waals surface area (Å²) >= 11 is 0. The van der Waals surface area contributed by atoms with Gasteiger partial charge >= 0.3 is 5.97 Å². The number of ketones is 1. The van der Waals surface area contributed by atoms with Gasteiger partial charge in [-0.3, -0.25) is 9.59 Å². The Hall–Kier alpha value is -0.146. The minimum absolute atomic E-state index is 0. The number of ether oxygens (including phenoxy) is 1. The van der Waals surface area contributed by atoms with Gasteiger partial charge in [0, 0.05) is 27.1 Å². The van der Waals surface area contributed by atoms with Gasteiger partial charge in [0.25, 0.3) is 0 Å². The predicted octanol–water partition coefficient (Wildman–Crippen LogP) is 1.55. The van der Waals surface area contributed by atoms with Gasteiger partial charge in [-0.25, -0.2) is 0 Å². The summed E-state index contributed by atoms with van der Waals surface area (Å²) in [5.74, 6) is -0.515. The molecule has 0 aliphatic carbocycles. The fourth-order valence-electron chi connectivity index (χ4n) is 0.608. The van der Waals surface area contributed by atoms with Gasteiger partial charge in [-0.2, -0.15) is 0 Å². The zero-order chi connectivity index (χ0) is 9.78. The Bertz CT molecular complexity index is 182. The van der Waals surface area contributed by atoms with E-state index < -0.39 is 11.4 Å². The van der Waals surface area contributed by atoms with Crippen molar-refractivity contribution in [2.24, 2.45) is 5.41 Å². The molecular formula is C9H16O3Ti. The van der Waals surface area contributed by atoms with Crippen LogP contribution < -0.4 is 0 Å². The molecule has 0 spiro atoms. The van der Waals surface area contributed by atoms with Crippen LogP contribution in [-0.2, 0) is 36.0 Å². The van der Waals surface area contributed by atoms with Crippen LogP contribution >= 0.6 is 0 Å². The summed E-state index contributed by atoms with van der Waals surface area (Å²) in [5.41, 5.74) is -0.452. The smallest absolute Gasteiger partial charge is 0.313 e. The van der Waals surface area contributed by atoms with Crippen molar-refractivity contribution in [3.05, 3.63) is 0 Å². The standard InChI is InChI=1S/C9H16O3.Ti/c1-5-12-8(11)6-7(10)9(2,3)4;/h5-6H2,1-4H3;. The molecule has 0 saturated heterocycles. The van der Waals surface area contributed by atoms with Crippen LogP contribution in [0.2, 0.25) is 0 Å². The molecule has 0 heterocycles. The first kappa shape index (κ1) is 15.3. The molecule has 0 aromatic rings. The summed E-state index contributed by atoms with van der Waals surface area (Å²) in [6.07, 6.45) is -0.114. The zero-order valence-corrected chi connectivity index (χ0v) is 10.2. The van der Waals surface area contributed by atoms with Crippen LogP contribution in [-0.4, -0.2) is 18.4 Å². The van der Waals surface area contributed by atoms with Gasteiger partial charge in [0.15, 0.2) is 0 Å². The molecule has 0 amide bonds. The number of carbonyl (C=O) groups is 2. The maximum Gasteiger partial charge on any atom is 0.313 e. The average Bonchev–Trinajstić information content (AvgIpc) is 1.85. The Labute approximate surface area is 94.1 Å². The predicted molar refractivity (Wildman–Crippen MR) is 45.7 cm³/mol. The molecule has 0 bridgehead atoms. The molecule has 0 aromatic carbocycles. The quantitative estimate of drug-likeness (QED) is 0.411. The number of esters is 1. The molecule has 0 fully saturated rings. The summed E-state index contributed by atoms with van der Waals surface area (Å²) in [5, 5.41) is 0. The fraction of sp³-hybridized carbons (Fsp3) is 0.778. The van der Waals surface area contributed by atoms with Crippen molar-refractivity contribution < 1.29 is 36.0 Å². The molecule has 0 N–H and O–H groups in total. The largest absolute Gasteiger partial charge is 0.466 e. The number of hydrogen-bond donors (Lipinski definition) is 0. The zero-order valence-electron chi connectivity index (χ0n) is 8.64. The van der Waals surface area contributed by atoms with E-state index in [4.69, 9.17) is 0 Å². The second kappa shape index (κ2) is 6.33. The number of Topliss-reactive ketones (excluding diaryl/α,β-unsaturated/α-hetero) is 1. The molecule has 0 radical (unpaired) electrons. The molecule has 4 heteroatoms. The third kappa shape index (κ3) is 6.97. The Morgan fingerprint density at radius 1 is 1.23 bits per heavy atom. The maximum atomic E-state index is 11.2. The molecule has 0 saturated carbocycles. The molecule has 3 nitrogen and oxygen atoms in total. The van der Waals surface area contributed by atoms with Gasteiger partial charge < -0.3 is 4.74 Å². The Balaban J connectivity index is 0. The second-order valence-electron chi connectivity index (χ2n) is 3.65. The van der Waals surface area contributed by atoms with Crippen molar-refractivity contribution in [1.82, 2.24) is 0 Å². The summed E-state index contributed by atoms with van der Waals surface area (Å²) in [6.45, 7) is 7.41. The van der Waals surface area contributed by atoms with E-state index in [9.17, 15) is 9.59 Å². The molecule has 13 heavy (non-hydrogen) atoms. The van der Waals surface area contributed by atoms with Crippen LogP contribution in [0.25, 0.3) is 0 Å². The van der Waals surface area contributed by atoms with Crippen molar-refractivity contribution in [3.63, 3.8) is 0 Å². The Kier molecular flexibility index (Phi) is 7.46. The maximum absolute atomic E-state index is 11.2. The van der Waals surface area contributed by atoms with Crippen LogP contribution in [0, 0.1) is 5.41 Å². The molecule has 0 aliphatic rings. The van der Waals surface area contributed by atoms with E-state index in [0.29, 0.717) is 6.61 Å². The van der Waals surface area contributed by atoms with Gasteiger partial charge in [0.05, 0.1) is 6.61 Å². The van der Waals surface area contributed by atoms with E-state index in [-0.39, 0.29) is 33.9 Å². The number of hydrogen-bond acceptors (Lipinski definition) is 3. The molecule has 0 aromatic heterocycles. The first-order chi connectivity index (χ1) is 5.38. The van der Waals surface area contributed by atoms with Crippen LogP contribution in [0.15, 0.2) is 0 Å². The topological polar surface area (TPSA) is 43.4 Å². The van der Waals surface area contributed by atoms with E-state index in [0.717, 1.165) is 0 Å². The van der Waals surface area contributed by atoms with Crippen molar-refractivity contribution in [3.8, 4) is 0 Å². The Morgan fingerprint density at radius 3 is 2.00 bits per heavy atom. The summed E-state index contributed by atoms with van der Waals surface area (Å²) in [4.78, 5) is 22.1. The fourth-order valence-corrected chi connectivity index (χ4v) is 0.608. The van der Waals surface area contributed by atoms with E-state index in [1.54, 1.807) is 27.7 Å². The Morgan fingerprint density at radius 2 is 1.69 bits per heavy atom. The van der Waals surface area contributed by atoms with Crippen LogP contribution in [0.3, 0.4) is 0 Å². The SMILES string of the molecule is CCOC(=O)CC(=O)C(C)(C)C.[Ti]. The molecule has 0 rings (SSSR count).